The number of hydrogen-bond donors (Lipinski definition) is 2. The Morgan fingerprint density at radius 2 is 1.76 bits per heavy atom. The van der Waals surface area contributed by atoms with Crippen molar-refractivity contribution >= 4 is 11.0 Å². The highest BCUT2D eigenvalue weighted by Gasteiger charge is 2.14. The lowest BCUT2D eigenvalue weighted by molar-refractivity contribution is 0.243. The van der Waals surface area contributed by atoms with Crippen LogP contribution < -0.4 is 5.32 Å². The largest absolute Gasteiger partial charge is 0.461 e. The maximum Gasteiger partial charge on any atom is 0.134 e. The Morgan fingerprint density at radius 1 is 1.05 bits per heavy atom. The van der Waals surface area contributed by atoms with Crippen LogP contribution in [0.4, 0.5) is 0 Å². The lowest BCUT2D eigenvalue weighted by Gasteiger charge is -2.16. The monoisotopic (exact) mass is 281 g/mol. The Bertz CT molecular complexity index is 718. The third-order valence-electron chi connectivity index (χ3n) is 3.81. The summed E-state index contributed by atoms with van der Waals surface area (Å²) < 4.78 is 5.77. The molecule has 1 heterocycles. The van der Waals surface area contributed by atoms with E-state index in [9.17, 15) is 5.11 Å². The predicted octanol–water partition coefficient (Wildman–Crippen LogP) is 3.56. The van der Waals surface area contributed by atoms with E-state index in [0.29, 0.717) is 6.54 Å². The topological polar surface area (TPSA) is 45.4 Å². The maximum absolute atomic E-state index is 9.60. The van der Waals surface area contributed by atoms with Crippen molar-refractivity contribution < 1.29 is 9.52 Å². The Balaban J connectivity index is 1.81. The maximum atomic E-state index is 9.60. The lowest BCUT2D eigenvalue weighted by atomic mass is 10.1. The highest BCUT2D eigenvalue weighted by atomic mass is 16.3. The van der Waals surface area contributed by atoms with Crippen molar-refractivity contribution in [2.45, 2.75) is 19.5 Å². The van der Waals surface area contributed by atoms with E-state index in [4.69, 9.17) is 4.42 Å². The van der Waals surface area contributed by atoms with E-state index in [1.807, 2.05) is 55.5 Å². The quantitative estimate of drug-likeness (QED) is 0.751. The lowest BCUT2D eigenvalue weighted by Crippen LogP contribution is -2.24. The fourth-order valence-electron chi connectivity index (χ4n) is 2.64. The fourth-order valence-corrected chi connectivity index (χ4v) is 2.64. The smallest absolute Gasteiger partial charge is 0.134 e. The van der Waals surface area contributed by atoms with Gasteiger partial charge < -0.3 is 14.8 Å². The minimum Gasteiger partial charge on any atom is -0.461 e. The number of aliphatic hydroxyl groups excluding tert-OH is 1. The van der Waals surface area contributed by atoms with Crippen LogP contribution in [-0.4, -0.2) is 11.7 Å². The first-order chi connectivity index (χ1) is 10.3. The van der Waals surface area contributed by atoms with Crippen LogP contribution in [0.15, 0.2) is 59.0 Å². The van der Waals surface area contributed by atoms with Gasteiger partial charge in [0, 0.05) is 17.5 Å². The Labute approximate surface area is 124 Å². The van der Waals surface area contributed by atoms with Gasteiger partial charge in [0.15, 0.2) is 0 Å². The van der Waals surface area contributed by atoms with Crippen LogP contribution in [-0.2, 0) is 6.54 Å². The molecule has 0 fully saturated rings. The summed E-state index contributed by atoms with van der Waals surface area (Å²) in [4.78, 5) is 0. The minimum atomic E-state index is -0.0701. The van der Waals surface area contributed by atoms with Gasteiger partial charge in [0.1, 0.15) is 11.3 Å². The molecule has 2 N–H and O–H groups in total. The first kappa shape index (κ1) is 13.9. The molecule has 1 atom stereocenters. The van der Waals surface area contributed by atoms with Crippen molar-refractivity contribution in [2.24, 2.45) is 0 Å². The number of fused-ring (bicyclic) bond motifs is 1. The highest BCUT2D eigenvalue weighted by Crippen LogP contribution is 2.25. The molecule has 1 unspecified atom stereocenters. The molecule has 3 heteroatoms. The molecule has 108 valence electrons. The average Bonchev–Trinajstić information content (AvgIpc) is 2.85. The van der Waals surface area contributed by atoms with Crippen molar-refractivity contribution in [3.05, 3.63) is 71.5 Å². The second-order valence-electron chi connectivity index (χ2n) is 5.16. The van der Waals surface area contributed by atoms with E-state index < -0.39 is 0 Å². The molecule has 3 aromatic rings. The molecule has 3 nitrogen and oxygen atoms in total. The number of furan rings is 1. The normalized spacial score (nSPS) is 12.7. The van der Waals surface area contributed by atoms with Gasteiger partial charge in [0.05, 0.1) is 12.6 Å². The van der Waals surface area contributed by atoms with Gasteiger partial charge >= 0.3 is 0 Å². The van der Waals surface area contributed by atoms with Gasteiger partial charge in [-0.2, -0.15) is 0 Å². The molecule has 0 saturated heterocycles. The van der Waals surface area contributed by atoms with E-state index in [2.05, 4.69) is 11.4 Å². The zero-order chi connectivity index (χ0) is 14.7. The second kappa shape index (κ2) is 6.12. The van der Waals surface area contributed by atoms with E-state index in [1.165, 1.54) is 0 Å². The minimum absolute atomic E-state index is 0.0683. The summed E-state index contributed by atoms with van der Waals surface area (Å²) in [5.74, 6) is 0.924. The van der Waals surface area contributed by atoms with Crippen LogP contribution in [0, 0.1) is 6.92 Å². The van der Waals surface area contributed by atoms with Crippen molar-refractivity contribution in [2.75, 3.05) is 6.61 Å². The fraction of sp³-hybridized carbons (Fsp3) is 0.222. The van der Waals surface area contributed by atoms with Gasteiger partial charge in [-0.3, -0.25) is 0 Å². The van der Waals surface area contributed by atoms with Gasteiger partial charge in [0.2, 0.25) is 0 Å². The Morgan fingerprint density at radius 3 is 2.52 bits per heavy atom. The standard InChI is InChI=1S/C18H19NO2/c1-13-16(15-9-5-6-10-18(15)21-13)11-19-17(12-20)14-7-3-2-4-8-14/h2-10,17,19-20H,11-12H2,1H3. The average molecular weight is 281 g/mol. The van der Waals surface area contributed by atoms with Gasteiger partial charge in [-0.05, 0) is 18.6 Å². The summed E-state index contributed by atoms with van der Waals surface area (Å²) in [5, 5.41) is 14.1. The van der Waals surface area contributed by atoms with Crippen LogP contribution in [0.1, 0.15) is 22.9 Å². The van der Waals surface area contributed by atoms with Gasteiger partial charge in [0.25, 0.3) is 0 Å². The zero-order valence-electron chi connectivity index (χ0n) is 12.0. The first-order valence-electron chi connectivity index (χ1n) is 7.16. The van der Waals surface area contributed by atoms with Crippen molar-refractivity contribution in [3.63, 3.8) is 0 Å². The summed E-state index contributed by atoms with van der Waals surface area (Å²) in [7, 11) is 0. The summed E-state index contributed by atoms with van der Waals surface area (Å²) >= 11 is 0. The van der Waals surface area contributed by atoms with E-state index in [-0.39, 0.29) is 12.6 Å². The number of aryl methyl sites for hydroxylation is 1. The molecule has 0 bridgehead atoms. The zero-order valence-corrected chi connectivity index (χ0v) is 12.0. The molecular weight excluding hydrogens is 262 g/mol. The molecule has 1 aromatic heterocycles. The molecule has 0 amide bonds. The summed E-state index contributed by atoms with van der Waals surface area (Å²) in [6.45, 7) is 2.72. The number of para-hydroxylation sites is 1. The van der Waals surface area contributed by atoms with Gasteiger partial charge in [-0.1, -0.05) is 48.5 Å². The Kier molecular flexibility index (Phi) is 4.04. The van der Waals surface area contributed by atoms with Crippen LogP contribution >= 0.6 is 0 Å². The molecule has 3 rings (SSSR count). The molecular formula is C18H19NO2. The van der Waals surface area contributed by atoms with Crippen LogP contribution in [0.3, 0.4) is 0 Å². The molecule has 2 aromatic carbocycles. The summed E-state index contributed by atoms with van der Waals surface area (Å²) in [6.07, 6.45) is 0. The number of aliphatic hydroxyl groups is 1. The third kappa shape index (κ3) is 2.84. The number of rotatable bonds is 5. The van der Waals surface area contributed by atoms with Crippen LogP contribution in [0.2, 0.25) is 0 Å². The van der Waals surface area contributed by atoms with Crippen molar-refractivity contribution in [1.29, 1.82) is 0 Å². The number of hydrogen-bond acceptors (Lipinski definition) is 3. The van der Waals surface area contributed by atoms with Gasteiger partial charge in [-0.15, -0.1) is 0 Å². The first-order valence-corrected chi connectivity index (χ1v) is 7.16. The number of benzene rings is 2. The molecule has 0 aliphatic rings. The van der Waals surface area contributed by atoms with Gasteiger partial charge in [-0.25, -0.2) is 0 Å². The van der Waals surface area contributed by atoms with E-state index in [0.717, 1.165) is 27.9 Å². The summed E-state index contributed by atoms with van der Waals surface area (Å²) in [5.41, 5.74) is 3.15. The Hall–Kier alpha value is -2.10. The predicted molar refractivity (Wildman–Crippen MR) is 84.1 cm³/mol. The van der Waals surface area contributed by atoms with Crippen LogP contribution in [0.25, 0.3) is 11.0 Å². The SMILES string of the molecule is Cc1oc2ccccc2c1CNC(CO)c1ccccc1. The van der Waals surface area contributed by atoms with E-state index >= 15 is 0 Å². The molecule has 0 radical (unpaired) electrons. The second-order valence-corrected chi connectivity index (χ2v) is 5.16. The number of nitrogens with one attached hydrogen (secondary N) is 1. The molecule has 0 saturated carbocycles. The van der Waals surface area contributed by atoms with Crippen molar-refractivity contribution in [1.82, 2.24) is 5.32 Å². The highest BCUT2D eigenvalue weighted by molar-refractivity contribution is 5.82. The molecule has 0 aliphatic heterocycles. The third-order valence-corrected chi connectivity index (χ3v) is 3.81. The van der Waals surface area contributed by atoms with Crippen LogP contribution in [0.5, 0.6) is 0 Å². The van der Waals surface area contributed by atoms with E-state index in [1.54, 1.807) is 0 Å². The molecule has 21 heavy (non-hydrogen) atoms. The molecule has 0 spiro atoms. The summed E-state index contributed by atoms with van der Waals surface area (Å²) in [6, 6.07) is 18.0. The molecule has 0 aliphatic carbocycles. The van der Waals surface area contributed by atoms with Crippen molar-refractivity contribution in [3.8, 4) is 0 Å².